The Bertz CT molecular complexity index is 681. The molecule has 0 saturated heterocycles. The molecule has 0 spiro atoms. The molecule has 0 fully saturated rings. The normalized spacial score (nSPS) is 11.5. The molecule has 0 atom stereocenters. The zero-order chi connectivity index (χ0) is 17.4. The van der Waals surface area contributed by atoms with Gasteiger partial charge in [-0.3, -0.25) is 4.79 Å². The van der Waals surface area contributed by atoms with Gasteiger partial charge in [0.25, 0.3) is 5.56 Å². The van der Waals surface area contributed by atoms with Crippen molar-refractivity contribution in [3.05, 3.63) is 10.4 Å². The van der Waals surface area contributed by atoms with Crippen LogP contribution in [0.3, 0.4) is 0 Å². The van der Waals surface area contributed by atoms with Gasteiger partial charge in [0.2, 0.25) is 0 Å². The third kappa shape index (κ3) is 5.46. The minimum atomic E-state index is -0.0905. The van der Waals surface area contributed by atoms with Crippen molar-refractivity contribution < 1.29 is 0 Å². The predicted molar refractivity (Wildman–Crippen MR) is 105 cm³/mol. The van der Waals surface area contributed by atoms with E-state index in [0.717, 1.165) is 43.5 Å². The number of fused-ring (bicyclic) bond motifs is 1. The van der Waals surface area contributed by atoms with E-state index >= 15 is 0 Å². The minimum absolute atomic E-state index is 0.0905. The van der Waals surface area contributed by atoms with Crippen molar-refractivity contribution in [2.45, 2.75) is 45.2 Å². The predicted octanol–water partition coefficient (Wildman–Crippen LogP) is 3.42. The summed E-state index contributed by atoms with van der Waals surface area (Å²) in [6.45, 7) is 10.4. The molecular weight excluding hydrogens is 342 g/mol. The highest BCUT2D eigenvalue weighted by Crippen LogP contribution is 2.23. The van der Waals surface area contributed by atoms with Crippen molar-refractivity contribution in [3.63, 3.8) is 0 Å². The van der Waals surface area contributed by atoms with Crippen molar-refractivity contribution in [2.24, 2.45) is 0 Å². The molecule has 0 unspecified atom stereocenters. The first-order valence-electron chi connectivity index (χ1n) is 8.67. The van der Waals surface area contributed by atoms with E-state index < -0.39 is 0 Å². The number of thioether (sulfide) groups is 1. The van der Waals surface area contributed by atoms with Crippen LogP contribution in [-0.2, 0) is 0 Å². The fourth-order valence-corrected chi connectivity index (χ4v) is 4.02. The number of nitrogens with one attached hydrogen (secondary N) is 2. The molecule has 0 aliphatic carbocycles. The summed E-state index contributed by atoms with van der Waals surface area (Å²) in [6, 6.07) is 0. The Hall–Kier alpha value is -1.12. The van der Waals surface area contributed by atoms with Gasteiger partial charge in [-0.2, -0.15) is 4.98 Å². The number of unbranched alkanes of at least 4 members (excludes halogenated alkanes) is 2. The van der Waals surface area contributed by atoms with Gasteiger partial charge in [0.1, 0.15) is 4.70 Å². The topological polar surface area (TPSA) is 73.9 Å². The van der Waals surface area contributed by atoms with E-state index in [0.29, 0.717) is 15.5 Å². The quantitative estimate of drug-likeness (QED) is 0.359. The Labute approximate surface area is 151 Å². The third-order valence-electron chi connectivity index (χ3n) is 3.83. The summed E-state index contributed by atoms with van der Waals surface area (Å²) in [5.74, 6) is 0.974. The Morgan fingerprint density at radius 3 is 2.71 bits per heavy atom. The highest BCUT2D eigenvalue weighted by molar-refractivity contribution is 7.99. The fraction of sp³-hybridized carbons (Fsp3) is 0.688. The van der Waals surface area contributed by atoms with E-state index in [1.807, 2.05) is 0 Å². The average Bonchev–Trinajstić information content (AvgIpc) is 2.99. The monoisotopic (exact) mass is 369 g/mol. The zero-order valence-corrected chi connectivity index (χ0v) is 16.4. The molecule has 6 nitrogen and oxygen atoms in total. The minimum Gasteiger partial charge on any atom is -0.360 e. The molecule has 2 heterocycles. The van der Waals surface area contributed by atoms with Crippen LogP contribution in [0.4, 0.5) is 5.13 Å². The van der Waals surface area contributed by atoms with Crippen LogP contribution >= 0.6 is 23.1 Å². The van der Waals surface area contributed by atoms with E-state index in [1.54, 1.807) is 11.8 Å². The number of anilines is 1. The molecule has 8 heteroatoms. The lowest BCUT2D eigenvalue weighted by molar-refractivity contribution is 0.316. The lowest BCUT2D eigenvalue weighted by atomic mass is 10.3. The van der Waals surface area contributed by atoms with Gasteiger partial charge >= 0.3 is 0 Å². The molecule has 24 heavy (non-hydrogen) atoms. The van der Waals surface area contributed by atoms with Gasteiger partial charge < -0.3 is 15.2 Å². The number of thiazole rings is 1. The average molecular weight is 370 g/mol. The maximum absolute atomic E-state index is 12.2. The van der Waals surface area contributed by atoms with Crippen LogP contribution in [-0.4, -0.2) is 51.8 Å². The van der Waals surface area contributed by atoms with Crippen molar-refractivity contribution in [2.75, 3.05) is 37.2 Å². The van der Waals surface area contributed by atoms with E-state index in [9.17, 15) is 4.79 Å². The van der Waals surface area contributed by atoms with E-state index in [4.69, 9.17) is 0 Å². The largest absolute Gasteiger partial charge is 0.360 e. The van der Waals surface area contributed by atoms with Crippen LogP contribution in [0.15, 0.2) is 9.95 Å². The van der Waals surface area contributed by atoms with E-state index in [1.165, 1.54) is 24.2 Å². The molecule has 2 aromatic heterocycles. The first-order valence-corrected chi connectivity index (χ1v) is 10.5. The molecule has 2 aromatic rings. The van der Waals surface area contributed by atoms with Gasteiger partial charge in [-0.25, -0.2) is 4.98 Å². The molecule has 0 radical (unpaired) electrons. The molecule has 0 saturated carbocycles. The molecule has 0 bridgehead atoms. The number of likely N-dealkylation sites (N-methyl/N-ethyl adjacent to an activating group) is 1. The van der Waals surface area contributed by atoms with Gasteiger partial charge in [0.05, 0.1) is 0 Å². The van der Waals surface area contributed by atoms with Crippen LogP contribution in [0.25, 0.3) is 10.3 Å². The summed E-state index contributed by atoms with van der Waals surface area (Å²) >= 11 is 2.97. The van der Waals surface area contributed by atoms with Crippen molar-refractivity contribution >= 4 is 38.6 Å². The second kappa shape index (κ2) is 10.0. The summed E-state index contributed by atoms with van der Waals surface area (Å²) in [7, 11) is 0. The van der Waals surface area contributed by atoms with Crippen LogP contribution in [0.5, 0.6) is 0 Å². The number of H-pyrrole nitrogens is 1. The maximum Gasteiger partial charge on any atom is 0.271 e. The molecule has 134 valence electrons. The lowest BCUT2D eigenvalue weighted by Gasteiger charge is -2.17. The van der Waals surface area contributed by atoms with Crippen LogP contribution in [0.2, 0.25) is 0 Å². The summed E-state index contributed by atoms with van der Waals surface area (Å²) in [4.78, 5) is 26.4. The Kier molecular flexibility index (Phi) is 8.01. The third-order valence-corrected chi connectivity index (χ3v) is 5.79. The van der Waals surface area contributed by atoms with E-state index in [-0.39, 0.29) is 5.56 Å². The first kappa shape index (κ1) is 19.2. The van der Waals surface area contributed by atoms with Crippen LogP contribution < -0.4 is 10.9 Å². The van der Waals surface area contributed by atoms with Gasteiger partial charge in [0.15, 0.2) is 15.9 Å². The Balaban J connectivity index is 1.99. The molecule has 0 aliphatic rings. The molecule has 0 aliphatic heterocycles. The highest BCUT2D eigenvalue weighted by atomic mass is 32.2. The van der Waals surface area contributed by atoms with Gasteiger partial charge in [-0.05, 0) is 19.5 Å². The number of rotatable bonds is 11. The second-order valence-corrected chi connectivity index (χ2v) is 7.63. The summed E-state index contributed by atoms with van der Waals surface area (Å²) in [5, 5.41) is 4.74. The standard InChI is InChI=1S/C16H27N5OS2/c1-4-7-8-11-23-16-19-13-12(14(22)20-16)24-15(18-13)17-9-10-21(5-2)6-3/h4-11H2,1-3H3,(H2,17,18,19,20,22). The van der Waals surface area contributed by atoms with Crippen molar-refractivity contribution in [1.29, 1.82) is 0 Å². The zero-order valence-electron chi connectivity index (χ0n) is 14.7. The SMILES string of the molecule is CCCCCSc1nc2nc(NCCN(CC)CC)sc2c(=O)[nH]1. The van der Waals surface area contributed by atoms with Crippen molar-refractivity contribution in [1.82, 2.24) is 19.9 Å². The van der Waals surface area contributed by atoms with E-state index in [2.05, 4.69) is 45.9 Å². The molecular formula is C16H27N5OS2. The van der Waals surface area contributed by atoms with Crippen LogP contribution in [0, 0.1) is 0 Å². The molecule has 0 amide bonds. The van der Waals surface area contributed by atoms with Gasteiger partial charge in [-0.15, -0.1) is 0 Å². The lowest BCUT2D eigenvalue weighted by Crippen LogP contribution is -2.28. The summed E-state index contributed by atoms with van der Waals surface area (Å²) in [6.07, 6.45) is 3.53. The van der Waals surface area contributed by atoms with Crippen molar-refractivity contribution in [3.8, 4) is 0 Å². The Morgan fingerprint density at radius 1 is 1.21 bits per heavy atom. The number of nitrogens with zero attached hydrogens (tertiary/aromatic N) is 3. The van der Waals surface area contributed by atoms with Gasteiger partial charge in [-0.1, -0.05) is 56.7 Å². The highest BCUT2D eigenvalue weighted by Gasteiger charge is 2.11. The molecule has 0 aromatic carbocycles. The smallest absolute Gasteiger partial charge is 0.271 e. The fourth-order valence-electron chi connectivity index (χ4n) is 2.34. The Morgan fingerprint density at radius 2 is 2.00 bits per heavy atom. The number of aromatic nitrogens is 3. The number of hydrogen-bond donors (Lipinski definition) is 2. The van der Waals surface area contributed by atoms with Gasteiger partial charge in [0, 0.05) is 18.8 Å². The first-order chi connectivity index (χ1) is 11.7. The maximum atomic E-state index is 12.2. The molecule has 2 N–H and O–H groups in total. The molecule has 2 rings (SSSR count). The number of aromatic amines is 1. The summed E-state index contributed by atoms with van der Waals surface area (Å²) < 4.78 is 0.596. The second-order valence-electron chi connectivity index (χ2n) is 5.55. The van der Waals surface area contributed by atoms with Crippen LogP contribution in [0.1, 0.15) is 40.0 Å². The number of hydrogen-bond acceptors (Lipinski definition) is 7. The summed E-state index contributed by atoms with van der Waals surface area (Å²) in [5.41, 5.74) is 0.458.